The summed E-state index contributed by atoms with van der Waals surface area (Å²) in [6.45, 7) is 4.30. The zero-order valence-corrected chi connectivity index (χ0v) is 12.2. The van der Waals surface area contributed by atoms with Crippen LogP contribution in [0.3, 0.4) is 0 Å². The Balaban J connectivity index is 2.12. The lowest BCUT2D eigenvalue weighted by Crippen LogP contribution is -2.21. The van der Waals surface area contributed by atoms with Gasteiger partial charge in [-0.05, 0) is 53.2 Å². The molecule has 0 saturated heterocycles. The molecular weight excluding hydrogens is 284 g/mol. The Kier molecular flexibility index (Phi) is 3.85. The number of Topliss-reactive ketones (excluding diaryl/α,β-unsaturated/α-hetero) is 1. The second-order valence-corrected chi connectivity index (χ2v) is 7.27. The Labute approximate surface area is 109 Å². The number of thiophene rings is 1. The summed E-state index contributed by atoms with van der Waals surface area (Å²) in [4.78, 5) is 13.2. The summed E-state index contributed by atoms with van der Waals surface area (Å²) in [6.07, 6.45) is 4.66. The number of carbonyl (C=O) groups is 1. The second kappa shape index (κ2) is 5.01. The highest BCUT2D eigenvalue weighted by molar-refractivity contribution is 9.11. The molecule has 16 heavy (non-hydrogen) atoms. The predicted octanol–water partition coefficient (Wildman–Crippen LogP) is 4.83. The van der Waals surface area contributed by atoms with Crippen LogP contribution in [0.4, 0.5) is 0 Å². The zero-order valence-electron chi connectivity index (χ0n) is 9.75. The number of aryl methyl sites for hydroxylation is 1. The van der Waals surface area contributed by atoms with Crippen molar-refractivity contribution >= 4 is 33.0 Å². The second-order valence-electron chi connectivity index (χ2n) is 4.90. The minimum Gasteiger partial charge on any atom is -0.293 e. The van der Waals surface area contributed by atoms with Crippen LogP contribution >= 0.6 is 27.3 Å². The third-order valence-electron chi connectivity index (χ3n) is 3.41. The molecule has 2 atom stereocenters. The van der Waals surface area contributed by atoms with E-state index in [-0.39, 0.29) is 5.92 Å². The van der Waals surface area contributed by atoms with Crippen molar-refractivity contribution in [1.82, 2.24) is 0 Å². The molecule has 1 aromatic rings. The number of carbonyl (C=O) groups excluding carboxylic acids is 1. The molecule has 0 spiro atoms. The lowest BCUT2D eigenvalue weighted by atomic mass is 9.80. The van der Waals surface area contributed by atoms with E-state index in [0.29, 0.717) is 11.7 Å². The van der Waals surface area contributed by atoms with Crippen LogP contribution in [0, 0.1) is 18.8 Å². The molecule has 2 unspecified atom stereocenters. The SMILES string of the molecule is Cc1cc(C(=O)C2CCCC(C)C2)sc1Br. The van der Waals surface area contributed by atoms with E-state index in [0.717, 1.165) is 21.5 Å². The van der Waals surface area contributed by atoms with Crippen LogP contribution in [0.25, 0.3) is 0 Å². The maximum absolute atomic E-state index is 12.3. The number of ketones is 1. The molecule has 1 saturated carbocycles. The lowest BCUT2D eigenvalue weighted by molar-refractivity contribution is 0.0872. The Morgan fingerprint density at radius 3 is 2.81 bits per heavy atom. The van der Waals surface area contributed by atoms with E-state index < -0.39 is 0 Å². The van der Waals surface area contributed by atoms with E-state index in [1.54, 1.807) is 11.3 Å². The molecule has 0 bridgehead atoms. The third-order valence-corrected chi connectivity index (χ3v) is 5.56. The highest BCUT2D eigenvalue weighted by Gasteiger charge is 2.27. The first-order valence-electron chi connectivity index (χ1n) is 5.88. The summed E-state index contributed by atoms with van der Waals surface area (Å²) >= 11 is 5.07. The van der Waals surface area contributed by atoms with Crippen LogP contribution in [-0.4, -0.2) is 5.78 Å². The van der Waals surface area contributed by atoms with E-state index in [1.807, 2.05) is 13.0 Å². The maximum atomic E-state index is 12.3. The van der Waals surface area contributed by atoms with Crippen LogP contribution in [-0.2, 0) is 0 Å². The van der Waals surface area contributed by atoms with E-state index >= 15 is 0 Å². The molecule has 1 nitrogen and oxygen atoms in total. The summed E-state index contributed by atoms with van der Waals surface area (Å²) in [5.41, 5.74) is 1.18. The Bertz CT molecular complexity index is 377. The van der Waals surface area contributed by atoms with Crippen molar-refractivity contribution in [3.05, 3.63) is 20.3 Å². The summed E-state index contributed by atoms with van der Waals surface area (Å²) in [5, 5.41) is 0. The highest BCUT2D eigenvalue weighted by atomic mass is 79.9. The maximum Gasteiger partial charge on any atom is 0.175 e. The first kappa shape index (κ1) is 12.3. The molecule has 1 aliphatic rings. The normalized spacial score (nSPS) is 25.7. The van der Waals surface area contributed by atoms with Gasteiger partial charge in [-0.15, -0.1) is 11.3 Å². The van der Waals surface area contributed by atoms with E-state index in [2.05, 4.69) is 22.9 Å². The van der Waals surface area contributed by atoms with Crippen molar-refractivity contribution in [3.8, 4) is 0 Å². The summed E-state index contributed by atoms with van der Waals surface area (Å²) in [5.74, 6) is 1.35. The molecule has 1 fully saturated rings. The number of hydrogen-bond donors (Lipinski definition) is 0. The van der Waals surface area contributed by atoms with Crippen LogP contribution in [0.5, 0.6) is 0 Å². The van der Waals surface area contributed by atoms with Gasteiger partial charge in [0.05, 0.1) is 8.66 Å². The van der Waals surface area contributed by atoms with E-state index in [9.17, 15) is 4.79 Å². The molecule has 0 amide bonds. The molecule has 0 aromatic carbocycles. The van der Waals surface area contributed by atoms with Gasteiger partial charge in [-0.25, -0.2) is 0 Å². The smallest absolute Gasteiger partial charge is 0.175 e. The van der Waals surface area contributed by atoms with Crippen molar-refractivity contribution in [2.45, 2.75) is 39.5 Å². The Hall–Kier alpha value is -0.150. The largest absolute Gasteiger partial charge is 0.293 e. The molecule has 3 heteroatoms. The molecule has 1 aliphatic carbocycles. The van der Waals surface area contributed by atoms with Crippen LogP contribution in [0.1, 0.15) is 47.8 Å². The topological polar surface area (TPSA) is 17.1 Å². The fraction of sp³-hybridized carbons (Fsp3) is 0.615. The van der Waals surface area contributed by atoms with Gasteiger partial charge in [0.15, 0.2) is 5.78 Å². The molecule has 1 heterocycles. The van der Waals surface area contributed by atoms with Gasteiger partial charge < -0.3 is 0 Å². The molecule has 0 N–H and O–H groups in total. The van der Waals surface area contributed by atoms with Gasteiger partial charge in [-0.3, -0.25) is 4.79 Å². The zero-order chi connectivity index (χ0) is 11.7. The quantitative estimate of drug-likeness (QED) is 0.715. The van der Waals surface area contributed by atoms with Crippen molar-refractivity contribution < 1.29 is 4.79 Å². The Morgan fingerprint density at radius 1 is 1.50 bits per heavy atom. The third kappa shape index (κ3) is 2.57. The van der Waals surface area contributed by atoms with Gasteiger partial charge in [0.25, 0.3) is 0 Å². The van der Waals surface area contributed by atoms with E-state index in [1.165, 1.54) is 18.4 Å². The van der Waals surface area contributed by atoms with Gasteiger partial charge in [0, 0.05) is 5.92 Å². The molecule has 1 aromatic heterocycles. The standard InChI is InChI=1S/C13H17BrOS/c1-8-4-3-5-10(6-8)12(15)11-7-9(2)13(14)16-11/h7-8,10H,3-6H2,1-2H3. The predicted molar refractivity (Wildman–Crippen MR) is 72.2 cm³/mol. The monoisotopic (exact) mass is 300 g/mol. The van der Waals surface area contributed by atoms with Gasteiger partial charge in [-0.2, -0.15) is 0 Å². The fourth-order valence-electron chi connectivity index (χ4n) is 2.45. The molecule has 88 valence electrons. The van der Waals surface area contributed by atoms with Crippen molar-refractivity contribution in [1.29, 1.82) is 0 Å². The first-order chi connectivity index (χ1) is 7.58. The van der Waals surface area contributed by atoms with Crippen LogP contribution in [0.15, 0.2) is 9.85 Å². The van der Waals surface area contributed by atoms with Crippen molar-refractivity contribution in [2.75, 3.05) is 0 Å². The fourth-order valence-corrected chi connectivity index (χ4v) is 4.01. The van der Waals surface area contributed by atoms with Crippen LogP contribution < -0.4 is 0 Å². The van der Waals surface area contributed by atoms with E-state index in [4.69, 9.17) is 0 Å². The Morgan fingerprint density at radius 2 is 2.25 bits per heavy atom. The number of hydrogen-bond acceptors (Lipinski definition) is 2. The minimum absolute atomic E-state index is 0.272. The molecule has 0 aliphatic heterocycles. The summed E-state index contributed by atoms with van der Waals surface area (Å²) in [6, 6.07) is 2.02. The summed E-state index contributed by atoms with van der Waals surface area (Å²) < 4.78 is 1.10. The molecule has 2 rings (SSSR count). The van der Waals surface area contributed by atoms with Gasteiger partial charge in [0.1, 0.15) is 0 Å². The average molecular weight is 301 g/mol. The number of halogens is 1. The van der Waals surface area contributed by atoms with Gasteiger partial charge >= 0.3 is 0 Å². The minimum atomic E-state index is 0.272. The lowest BCUT2D eigenvalue weighted by Gasteiger charge is -2.25. The summed E-state index contributed by atoms with van der Waals surface area (Å²) in [7, 11) is 0. The van der Waals surface area contributed by atoms with Crippen molar-refractivity contribution in [3.63, 3.8) is 0 Å². The average Bonchev–Trinajstić information content (AvgIpc) is 2.58. The van der Waals surface area contributed by atoms with Gasteiger partial charge in [0.2, 0.25) is 0 Å². The highest BCUT2D eigenvalue weighted by Crippen LogP contribution is 2.34. The van der Waals surface area contributed by atoms with Gasteiger partial charge in [-0.1, -0.05) is 19.8 Å². The van der Waals surface area contributed by atoms with Crippen LogP contribution in [0.2, 0.25) is 0 Å². The van der Waals surface area contributed by atoms with Crippen molar-refractivity contribution in [2.24, 2.45) is 11.8 Å². The molecular formula is C13H17BrOS. The molecule has 0 radical (unpaired) electrons. The number of rotatable bonds is 2. The first-order valence-corrected chi connectivity index (χ1v) is 7.49.